The predicted molar refractivity (Wildman–Crippen MR) is 76.5 cm³/mol. The number of hydrogen-bond donors (Lipinski definition) is 0. The van der Waals surface area contributed by atoms with Crippen LogP contribution >= 0.6 is 0 Å². The Hall–Kier alpha value is -2.05. The third-order valence-corrected chi connectivity index (χ3v) is 4.78. The van der Waals surface area contributed by atoms with Gasteiger partial charge in [-0.15, -0.1) is 13.2 Å². The molecule has 4 nitrogen and oxygen atoms in total. The molecule has 3 rings (SSSR count). The normalized spacial score (nSPS) is 29.2. The number of carbonyl (C=O) groups is 2. The number of cyclic esters (lactones) is 1. The van der Waals surface area contributed by atoms with Gasteiger partial charge in [0, 0.05) is 5.92 Å². The number of halogens is 3. The molecule has 7 heteroatoms. The Labute approximate surface area is 136 Å². The lowest BCUT2D eigenvalue weighted by Crippen LogP contribution is -2.33. The molecule has 1 saturated heterocycles. The van der Waals surface area contributed by atoms with Crippen molar-refractivity contribution in [3.63, 3.8) is 0 Å². The van der Waals surface area contributed by atoms with E-state index in [9.17, 15) is 22.8 Å². The summed E-state index contributed by atoms with van der Waals surface area (Å²) < 4.78 is 45.7. The molecule has 1 saturated carbocycles. The van der Waals surface area contributed by atoms with Crippen LogP contribution in [0, 0.1) is 17.8 Å². The van der Waals surface area contributed by atoms with Gasteiger partial charge in [-0.2, -0.15) is 0 Å². The molecule has 0 spiro atoms. The van der Waals surface area contributed by atoms with Gasteiger partial charge >= 0.3 is 18.3 Å². The number of rotatable bonds is 5. The van der Waals surface area contributed by atoms with Crippen molar-refractivity contribution in [2.24, 2.45) is 17.8 Å². The monoisotopic (exact) mass is 342 g/mol. The molecule has 1 heterocycles. The maximum absolute atomic E-state index is 12.4. The minimum absolute atomic E-state index is 0.248. The smallest absolute Gasteiger partial charge is 0.447 e. The summed E-state index contributed by atoms with van der Waals surface area (Å²) in [7, 11) is 0. The zero-order valence-electron chi connectivity index (χ0n) is 12.8. The van der Waals surface area contributed by atoms with Gasteiger partial charge in [0.25, 0.3) is 0 Å². The second kappa shape index (κ2) is 6.45. The van der Waals surface area contributed by atoms with Crippen molar-refractivity contribution in [1.29, 1.82) is 0 Å². The van der Waals surface area contributed by atoms with Crippen LogP contribution in [0.15, 0.2) is 30.3 Å². The number of hydrogen-bond acceptors (Lipinski definition) is 4. The summed E-state index contributed by atoms with van der Waals surface area (Å²) in [6.07, 6.45) is -3.46. The summed E-state index contributed by atoms with van der Waals surface area (Å²) in [6, 6.07) is 9.53. The average molecular weight is 342 g/mol. The SMILES string of the molecule is O=C1OC1C1CCC(CCc2ccccc2)C1C(=O)OC(F)(F)F. The quantitative estimate of drug-likeness (QED) is 0.609. The standard InChI is InChI=1S/C17H17F3O4/c18-17(19,20)24-15(21)13-11(7-6-10-4-2-1-3-5-10)8-9-12(13)14-16(22)23-14/h1-5,11-14H,6-9H2. The Balaban J connectivity index is 1.69. The molecular weight excluding hydrogens is 325 g/mol. The van der Waals surface area contributed by atoms with E-state index in [-0.39, 0.29) is 5.92 Å². The Morgan fingerprint density at radius 1 is 1.21 bits per heavy atom. The molecule has 0 aromatic heterocycles. The molecule has 1 aromatic rings. The van der Waals surface area contributed by atoms with Crippen LogP contribution in [0.5, 0.6) is 0 Å². The third kappa shape index (κ3) is 3.88. The minimum atomic E-state index is -5.01. The van der Waals surface area contributed by atoms with E-state index >= 15 is 0 Å². The van der Waals surface area contributed by atoms with Crippen LogP contribution in [-0.2, 0) is 25.5 Å². The van der Waals surface area contributed by atoms with Crippen LogP contribution < -0.4 is 0 Å². The lowest BCUT2D eigenvalue weighted by Gasteiger charge is -2.22. The van der Waals surface area contributed by atoms with Crippen molar-refractivity contribution < 1.29 is 32.2 Å². The van der Waals surface area contributed by atoms with Crippen LogP contribution in [0.4, 0.5) is 13.2 Å². The van der Waals surface area contributed by atoms with Gasteiger partial charge in [-0.05, 0) is 37.2 Å². The largest absolute Gasteiger partial charge is 0.575 e. The molecule has 4 atom stereocenters. The molecule has 0 amide bonds. The molecule has 1 aromatic carbocycles. The summed E-state index contributed by atoms with van der Waals surface area (Å²) in [5.41, 5.74) is 1.06. The highest BCUT2D eigenvalue weighted by Crippen LogP contribution is 2.46. The lowest BCUT2D eigenvalue weighted by atomic mass is 9.84. The summed E-state index contributed by atoms with van der Waals surface area (Å²) in [4.78, 5) is 23.2. The fourth-order valence-electron chi connectivity index (χ4n) is 3.68. The van der Waals surface area contributed by atoms with Gasteiger partial charge in [-0.1, -0.05) is 30.3 Å². The number of aryl methyl sites for hydroxylation is 1. The first-order valence-electron chi connectivity index (χ1n) is 7.89. The fourth-order valence-corrected chi connectivity index (χ4v) is 3.68. The van der Waals surface area contributed by atoms with Crippen molar-refractivity contribution in [2.75, 3.05) is 0 Å². The average Bonchev–Trinajstić information content (AvgIpc) is 3.08. The van der Waals surface area contributed by atoms with Crippen molar-refractivity contribution >= 4 is 11.9 Å². The van der Waals surface area contributed by atoms with Crippen LogP contribution in [0.3, 0.4) is 0 Å². The van der Waals surface area contributed by atoms with Crippen molar-refractivity contribution in [2.45, 2.75) is 38.1 Å². The first kappa shape index (κ1) is 16.8. The van der Waals surface area contributed by atoms with E-state index in [1.54, 1.807) is 0 Å². The van der Waals surface area contributed by atoms with Crippen molar-refractivity contribution in [3.8, 4) is 0 Å². The number of carbonyl (C=O) groups excluding carboxylic acids is 2. The third-order valence-electron chi connectivity index (χ3n) is 4.78. The van der Waals surface area contributed by atoms with E-state index in [0.717, 1.165) is 5.56 Å². The predicted octanol–water partition coefficient (Wildman–Crippen LogP) is 3.25. The Bertz CT molecular complexity index is 614. The lowest BCUT2D eigenvalue weighted by molar-refractivity contribution is -0.309. The van der Waals surface area contributed by atoms with E-state index in [2.05, 4.69) is 4.74 Å². The van der Waals surface area contributed by atoms with Gasteiger partial charge in [-0.3, -0.25) is 4.79 Å². The Morgan fingerprint density at radius 2 is 1.88 bits per heavy atom. The molecule has 1 aliphatic carbocycles. The molecule has 24 heavy (non-hydrogen) atoms. The first-order valence-corrected chi connectivity index (χ1v) is 7.89. The molecule has 0 bridgehead atoms. The molecule has 4 unspecified atom stereocenters. The molecule has 130 valence electrons. The number of esters is 1. The van der Waals surface area contributed by atoms with E-state index in [1.165, 1.54) is 0 Å². The van der Waals surface area contributed by atoms with E-state index < -0.39 is 36.2 Å². The molecule has 0 radical (unpaired) electrons. The molecular formula is C17H17F3O4. The zero-order valence-corrected chi connectivity index (χ0v) is 12.8. The second-order valence-electron chi connectivity index (χ2n) is 6.28. The minimum Gasteiger partial charge on any atom is -0.447 e. The van der Waals surface area contributed by atoms with E-state index in [0.29, 0.717) is 25.7 Å². The highest BCUT2D eigenvalue weighted by molar-refractivity contribution is 5.89. The molecule has 2 fully saturated rings. The molecule has 1 aliphatic heterocycles. The fraction of sp³-hybridized carbons (Fsp3) is 0.529. The number of alkyl halides is 3. The van der Waals surface area contributed by atoms with Gasteiger partial charge in [0.2, 0.25) is 6.10 Å². The summed E-state index contributed by atoms with van der Waals surface area (Å²) >= 11 is 0. The van der Waals surface area contributed by atoms with Gasteiger partial charge < -0.3 is 9.47 Å². The van der Waals surface area contributed by atoms with E-state index in [4.69, 9.17) is 4.74 Å². The highest BCUT2D eigenvalue weighted by atomic mass is 19.4. The van der Waals surface area contributed by atoms with Crippen LogP contribution in [-0.4, -0.2) is 24.4 Å². The number of ether oxygens (including phenoxy) is 2. The van der Waals surface area contributed by atoms with Gasteiger partial charge in [0.15, 0.2) is 0 Å². The topological polar surface area (TPSA) is 55.9 Å². The molecule has 2 aliphatic rings. The van der Waals surface area contributed by atoms with Crippen LogP contribution in [0.1, 0.15) is 24.8 Å². The highest BCUT2D eigenvalue weighted by Gasteiger charge is 2.56. The van der Waals surface area contributed by atoms with Crippen molar-refractivity contribution in [1.82, 2.24) is 0 Å². The zero-order chi connectivity index (χ0) is 17.3. The van der Waals surface area contributed by atoms with Crippen molar-refractivity contribution in [3.05, 3.63) is 35.9 Å². The van der Waals surface area contributed by atoms with E-state index in [1.807, 2.05) is 30.3 Å². The number of benzene rings is 1. The summed E-state index contributed by atoms with van der Waals surface area (Å²) in [5, 5.41) is 0. The molecule has 0 N–H and O–H groups in total. The van der Waals surface area contributed by atoms with Gasteiger partial charge in [0.1, 0.15) is 0 Å². The maximum atomic E-state index is 12.4. The Morgan fingerprint density at radius 3 is 2.46 bits per heavy atom. The van der Waals surface area contributed by atoms with Crippen LogP contribution in [0.2, 0.25) is 0 Å². The second-order valence-corrected chi connectivity index (χ2v) is 6.28. The first-order chi connectivity index (χ1) is 11.3. The number of epoxide rings is 1. The summed E-state index contributed by atoms with van der Waals surface area (Å²) in [5.74, 6) is -3.47. The maximum Gasteiger partial charge on any atom is 0.575 e. The summed E-state index contributed by atoms with van der Waals surface area (Å²) in [6.45, 7) is 0. The Kier molecular flexibility index (Phi) is 4.51. The van der Waals surface area contributed by atoms with Gasteiger partial charge in [0.05, 0.1) is 5.92 Å². The van der Waals surface area contributed by atoms with Gasteiger partial charge in [-0.25, -0.2) is 4.79 Å². The van der Waals surface area contributed by atoms with Crippen LogP contribution in [0.25, 0.3) is 0 Å².